The maximum atomic E-state index is 12.1. The smallest absolute Gasteiger partial charge is 0.338 e. The number of rotatable bonds is 14. The fourth-order valence-electron chi connectivity index (χ4n) is 2.14. The van der Waals surface area contributed by atoms with Crippen molar-refractivity contribution in [3.8, 4) is 0 Å². The van der Waals surface area contributed by atoms with Gasteiger partial charge < -0.3 is 18.9 Å². The predicted molar refractivity (Wildman–Crippen MR) is 108 cm³/mol. The number of benzene rings is 1. The number of carbonyl (C=O) groups is 4. The molecular weight excluding hydrogens is 392 g/mol. The maximum absolute atomic E-state index is 12.1. The summed E-state index contributed by atoms with van der Waals surface area (Å²) >= 11 is 0. The van der Waals surface area contributed by atoms with E-state index in [1.807, 2.05) is 0 Å². The van der Waals surface area contributed by atoms with E-state index in [0.29, 0.717) is 25.7 Å². The molecule has 0 bridgehead atoms. The molecule has 0 radical (unpaired) electrons. The molecule has 0 spiro atoms. The molecule has 8 heteroatoms. The minimum Gasteiger partial charge on any atom is -0.463 e. The van der Waals surface area contributed by atoms with Gasteiger partial charge in [-0.1, -0.05) is 19.2 Å². The van der Waals surface area contributed by atoms with E-state index in [1.54, 1.807) is 18.2 Å². The van der Waals surface area contributed by atoms with Gasteiger partial charge in [0.05, 0.1) is 37.6 Å². The predicted octanol–water partition coefficient (Wildman–Crippen LogP) is 3.02. The molecule has 30 heavy (non-hydrogen) atoms. The molecule has 0 amide bonds. The summed E-state index contributed by atoms with van der Waals surface area (Å²) < 4.78 is 19.9. The number of ether oxygens (including phenoxy) is 4. The van der Waals surface area contributed by atoms with Crippen LogP contribution in [0.25, 0.3) is 0 Å². The highest BCUT2D eigenvalue weighted by atomic mass is 16.5. The fourth-order valence-corrected chi connectivity index (χ4v) is 2.14. The van der Waals surface area contributed by atoms with Crippen LogP contribution in [0.4, 0.5) is 0 Å². The molecule has 1 aromatic carbocycles. The number of carbonyl (C=O) groups excluding carboxylic acids is 4. The molecule has 0 fully saturated rings. The van der Waals surface area contributed by atoms with E-state index < -0.39 is 23.9 Å². The van der Waals surface area contributed by atoms with Gasteiger partial charge in [-0.3, -0.25) is 0 Å². The Balaban J connectivity index is 2.31. The van der Waals surface area contributed by atoms with Gasteiger partial charge >= 0.3 is 23.9 Å². The van der Waals surface area contributed by atoms with Crippen molar-refractivity contribution in [1.29, 1.82) is 0 Å². The van der Waals surface area contributed by atoms with E-state index in [4.69, 9.17) is 18.9 Å². The van der Waals surface area contributed by atoms with E-state index in [9.17, 15) is 19.2 Å². The Labute approximate surface area is 175 Å². The zero-order valence-corrected chi connectivity index (χ0v) is 16.8. The Morgan fingerprint density at radius 1 is 0.667 bits per heavy atom. The molecule has 162 valence electrons. The van der Waals surface area contributed by atoms with E-state index in [-0.39, 0.29) is 37.6 Å². The number of hydrogen-bond acceptors (Lipinski definition) is 8. The van der Waals surface area contributed by atoms with Crippen LogP contribution in [0.15, 0.2) is 49.6 Å². The lowest BCUT2D eigenvalue weighted by molar-refractivity contribution is -0.138. The average molecular weight is 418 g/mol. The van der Waals surface area contributed by atoms with Crippen molar-refractivity contribution in [2.24, 2.45) is 0 Å². The second kappa shape index (κ2) is 14.6. The van der Waals surface area contributed by atoms with Crippen molar-refractivity contribution < 1.29 is 38.1 Å². The summed E-state index contributed by atoms with van der Waals surface area (Å²) in [6.45, 7) is 7.36. The quantitative estimate of drug-likeness (QED) is 0.196. The Bertz CT molecular complexity index is 694. The van der Waals surface area contributed by atoms with Crippen LogP contribution in [0.2, 0.25) is 0 Å². The Hall–Kier alpha value is -3.42. The van der Waals surface area contributed by atoms with Crippen LogP contribution in [0.5, 0.6) is 0 Å². The Morgan fingerprint density at radius 3 is 1.40 bits per heavy atom. The van der Waals surface area contributed by atoms with Crippen LogP contribution >= 0.6 is 0 Å². The van der Waals surface area contributed by atoms with Crippen molar-refractivity contribution in [2.75, 3.05) is 26.4 Å². The fraction of sp³-hybridized carbons (Fsp3) is 0.364. The van der Waals surface area contributed by atoms with Crippen molar-refractivity contribution in [1.82, 2.24) is 0 Å². The van der Waals surface area contributed by atoms with Crippen molar-refractivity contribution in [3.05, 3.63) is 60.7 Å². The third-order valence-electron chi connectivity index (χ3n) is 3.70. The first-order chi connectivity index (χ1) is 14.5. The molecule has 0 heterocycles. The molecule has 0 saturated carbocycles. The summed E-state index contributed by atoms with van der Waals surface area (Å²) in [5.74, 6) is -2.10. The largest absolute Gasteiger partial charge is 0.463 e. The Morgan fingerprint density at radius 2 is 1.03 bits per heavy atom. The first-order valence-electron chi connectivity index (χ1n) is 9.50. The highest BCUT2D eigenvalue weighted by Crippen LogP contribution is 2.09. The van der Waals surface area contributed by atoms with Crippen LogP contribution in [0.3, 0.4) is 0 Å². The first kappa shape index (κ1) is 24.6. The molecule has 0 unspecified atom stereocenters. The van der Waals surface area contributed by atoms with Gasteiger partial charge in [-0.05, 0) is 43.9 Å². The first-order valence-corrected chi connectivity index (χ1v) is 9.50. The molecule has 0 aromatic heterocycles. The minimum absolute atomic E-state index is 0.162. The number of esters is 4. The minimum atomic E-state index is -0.559. The van der Waals surface area contributed by atoms with Crippen LogP contribution in [0, 0.1) is 0 Å². The average Bonchev–Trinajstić information content (AvgIpc) is 2.77. The van der Waals surface area contributed by atoms with Gasteiger partial charge in [0.2, 0.25) is 0 Å². The van der Waals surface area contributed by atoms with Gasteiger partial charge in [0.1, 0.15) is 0 Å². The SMILES string of the molecule is C=CC(=O)OCCCCOC(=O)c1cccc(C(=O)OCCCCOC(=O)C=C)c1. The second-order valence-electron chi connectivity index (χ2n) is 6.01. The lowest BCUT2D eigenvalue weighted by atomic mass is 10.1. The van der Waals surface area contributed by atoms with Crippen molar-refractivity contribution in [3.63, 3.8) is 0 Å². The van der Waals surface area contributed by atoms with Gasteiger partial charge in [-0.25, -0.2) is 19.2 Å². The highest BCUT2D eigenvalue weighted by molar-refractivity contribution is 5.95. The van der Waals surface area contributed by atoms with Crippen molar-refractivity contribution in [2.45, 2.75) is 25.7 Å². The monoisotopic (exact) mass is 418 g/mol. The van der Waals surface area contributed by atoms with Crippen LogP contribution in [-0.4, -0.2) is 50.3 Å². The molecular formula is C22H26O8. The maximum Gasteiger partial charge on any atom is 0.338 e. The molecule has 0 atom stereocenters. The summed E-state index contributed by atoms with van der Waals surface area (Å²) in [7, 11) is 0. The van der Waals surface area contributed by atoms with Gasteiger partial charge in [-0.2, -0.15) is 0 Å². The number of hydrogen-bond donors (Lipinski definition) is 0. The van der Waals surface area contributed by atoms with E-state index >= 15 is 0 Å². The summed E-state index contributed by atoms with van der Waals surface area (Å²) in [4.78, 5) is 46.0. The zero-order chi connectivity index (χ0) is 22.2. The van der Waals surface area contributed by atoms with Crippen molar-refractivity contribution >= 4 is 23.9 Å². The van der Waals surface area contributed by atoms with Gasteiger partial charge in [0.25, 0.3) is 0 Å². The molecule has 0 aliphatic heterocycles. The molecule has 1 aromatic rings. The Kier molecular flexibility index (Phi) is 11.9. The molecule has 0 aliphatic carbocycles. The van der Waals surface area contributed by atoms with E-state index in [1.165, 1.54) is 6.07 Å². The summed E-state index contributed by atoms with van der Waals surface area (Å²) in [5.41, 5.74) is 0.470. The van der Waals surface area contributed by atoms with E-state index in [2.05, 4.69) is 13.2 Å². The lowest BCUT2D eigenvalue weighted by Crippen LogP contribution is -2.11. The summed E-state index contributed by atoms with van der Waals surface area (Å²) in [5, 5.41) is 0. The molecule has 0 aliphatic rings. The third kappa shape index (κ3) is 10.2. The summed E-state index contributed by atoms with van der Waals surface area (Å²) in [6.07, 6.45) is 4.32. The zero-order valence-electron chi connectivity index (χ0n) is 16.8. The normalized spacial score (nSPS) is 9.87. The number of unbranched alkanes of at least 4 members (excludes halogenated alkanes) is 2. The van der Waals surface area contributed by atoms with Gasteiger partial charge in [0, 0.05) is 12.2 Å². The standard InChI is InChI=1S/C22H26O8/c1-3-19(23)27-12-5-7-14-29-21(25)17-10-9-11-18(16-17)22(26)30-15-8-6-13-28-20(24)4-2/h3-4,9-11,16H,1-2,5-8,12-15H2. The molecule has 1 rings (SSSR count). The van der Waals surface area contributed by atoms with Gasteiger partial charge in [0.15, 0.2) is 0 Å². The summed E-state index contributed by atoms with van der Waals surface area (Å²) in [6, 6.07) is 6.05. The molecule has 8 nitrogen and oxygen atoms in total. The molecule has 0 saturated heterocycles. The van der Waals surface area contributed by atoms with Crippen LogP contribution in [0.1, 0.15) is 46.4 Å². The second-order valence-corrected chi connectivity index (χ2v) is 6.01. The topological polar surface area (TPSA) is 105 Å². The highest BCUT2D eigenvalue weighted by Gasteiger charge is 2.12. The third-order valence-corrected chi connectivity index (χ3v) is 3.70. The van der Waals surface area contributed by atoms with E-state index in [0.717, 1.165) is 12.2 Å². The van der Waals surface area contributed by atoms with Crippen LogP contribution in [-0.2, 0) is 28.5 Å². The van der Waals surface area contributed by atoms with Gasteiger partial charge in [-0.15, -0.1) is 0 Å². The lowest BCUT2D eigenvalue weighted by Gasteiger charge is -2.08. The molecule has 0 N–H and O–H groups in total. The van der Waals surface area contributed by atoms with Crippen LogP contribution < -0.4 is 0 Å².